The Hall–Kier alpha value is -2.54. The highest BCUT2D eigenvalue weighted by atomic mass is 32.1. The highest BCUT2D eigenvalue weighted by molar-refractivity contribution is 7.80. The minimum absolute atomic E-state index is 0.0744. The SMILES string of the molecule is Cc1ccc(C(N)=S)cc1OCC(C)(NC(=O)C1C=CC(O)(OC(F)(F)F)C=C1)C(N)=S. The van der Waals surface area contributed by atoms with Crippen LogP contribution in [0.4, 0.5) is 13.2 Å². The van der Waals surface area contributed by atoms with E-state index in [2.05, 4.69) is 10.1 Å². The number of nitrogens with one attached hydrogen (secondary N) is 1. The normalized spacial score (nSPS) is 22.1. The average molecular weight is 490 g/mol. The Balaban J connectivity index is 2.11. The number of carbonyl (C=O) groups is 1. The molecule has 1 aliphatic carbocycles. The zero-order valence-corrected chi connectivity index (χ0v) is 18.7. The molecule has 0 radical (unpaired) electrons. The maximum Gasteiger partial charge on any atom is 0.525 e. The van der Waals surface area contributed by atoms with Gasteiger partial charge in [-0.1, -0.05) is 48.7 Å². The fourth-order valence-electron chi connectivity index (χ4n) is 2.69. The van der Waals surface area contributed by atoms with Crippen LogP contribution in [-0.2, 0) is 9.53 Å². The molecule has 7 nitrogen and oxygen atoms in total. The number of thiocarbonyl (C=S) groups is 2. The minimum Gasteiger partial charge on any atom is -0.490 e. The molecule has 1 unspecified atom stereocenters. The molecule has 0 saturated heterocycles. The molecule has 32 heavy (non-hydrogen) atoms. The van der Waals surface area contributed by atoms with Crippen LogP contribution in [0.1, 0.15) is 18.1 Å². The summed E-state index contributed by atoms with van der Waals surface area (Å²) in [4.78, 5) is 12.8. The number of alkyl halides is 3. The highest BCUT2D eigenvalue weighted by Crippen LogP contribution is 2.29. The predicted octanol–water partition coefficient (Wildman–Crippen LogP) is 2.14. The van der Waals surface area contributed by atoms with E-state index >= 15 is 0 Å². The maximum absolute atomic E-state index is 12.7. The number of hydrogen-bond donors (Lipinski definition) is 4. The molecule has 174 valence electrons. The first kappa shape index (κ1) is 25.7. The smallest absolute Gasteiger partial charge is 0.490 e. The first-order valence-electron chi connectivity index (χ1n) is 9.17. The average Bonchev–Trinajstić information content (AvgIpc) is 2.65. The zero-order chi connectivity index (χ0) is 24.3. The lowest BCUT2D eigenvalue weighted by Crippen LogP contribution is -2.59. The molecule has 2 rings (SSSR count). The maximum atomic E-state index is 12.7. The van der Waals surface area contributed by atoms with Crippen LogP contribution < -0.4 is 21.5 Å². The molecule has 0 aliphatic heterocycles. The van der Waals surface area contributed by atoms with Gasteiger partial charge in [0.1, 0.15) is 27.9 Å². The Labute approximate surface area is 193 Å². The predicted molar refractivity (Wildman–Crippen MR) is 120 cm³/mol. The number of benzene rings is 1. The van der Waals surface area contributed by atoms with Crippen LogP contribution in [0.2, 0.25) is 0 Å². The molecule has 1 atom stereocenters. The van der Waals surface area contributed by atoms with Gasteiger partial charge in [-0.25, -0.2) is 0 Å². The van der Waals surface area contributed by atoms with Crippen molar-refractivity contribution in [3.63, 3.8) is 0 Å². The molecule has 1 amide bonds. The summed E-state index contributed by atoms with van der Waals surface area (Å²) in [6.45, 7) is 3.20. The zero-order valence-electron chi connectivity index (χ0n) is 17.1. The van der Waals surface area contributed by atoms with Gasteiger partial charge >= 0.3 is 6.36 Å². The van der Waals surface area contributed by atoms with Crippen molar-refractivity contribution in [1.82, 2.24) is 5.32 Å². The lowest BCUT2D eigenvalue weighted by Gasteiger charge is -2.32. The number of nitrogens with two attached hydrogens (primary N) is 2. The van der Waals surface area contributed by atoms with Crippen molar-refractivity contribution >= 4 is 40.3 Å². The Morgan fingerprint density at radius 2 is 1.84 bits per heavy atom. The van der Waals surface area contributed by atoms with Crippen LogP contribution in [-0.4, -0.2) is 45.3 Å². The first-order valence-corrected chi connectivity index (χ1v) is 9.99. The van der Waals surface area contributed by atoms with E-state index in [-0.39, 0.29) is 16.6 Å². The van der Waals surface area contributed by atoms with Gasteiger partial charge in [0.15, 0.2) is 0 Å². The van der Waals surface area contributed by atoms with Crippen LogP contribution in [0.15, 0.2) is 42.5 Å². The third kappa shape index (κ3) is 6.73. The van der Waals surface area contributed by atoms with E-state index in [0.717, 1.165) is 29.9 Å². The van der Waals surface area contributed by atoms with Crippen LogP contribution in [0.25, 0.3) is 0 Å². The van der Waals surface area contributed by atoms with Crippen LogP contribution in [0, 0.1) is 12.8 Å². The quantitative estimate of drug-likeness (QED) is 0.249. The third-order valence-corrected chi connectivity index (χ3v) is 5.28. The molecule has 0 heterocycles. The molecule has 12 heteroatoms. The fourth-order valence-corrected chi connectivity index (χ4v) is 2.92. The third-order valence-electron chi connectivity index (χ3n) is 4.60. The van der Waals surface area contributed by atoms with Gasteiger partial charge in [-0.3, -0.25) is 9.53 Å². The van der Waals surface area contributed by atoms with Gasteiger partial charge in [0.2, 0.25) is 11.7 Å². The summed E-state index contributed by atoms with van der Waals surface area (Å²) < 4.78 is 46.6. The summed E-state index contributed by atoms with van der Waals surface area (Å²) in [6, 6.07) is 5.15. The molecule has 1 aliphatic rings. The molecule has 0 spiro atoms. The highest BCUT2D eigenvalue weighted by Gasteiger charge is 2.41. The second kappa shape index (κ2) is 9.53. The van der Waals surface area contributed by atoms with Gasteiger partial charge in [-0.15, -0.1) is 13.2 Å². The lowest BCUT2D eigenvalue weighted by molar-refractivity contribution is -0.384. The fraction of sp³-hybridized carbons (Fsp3) is 0.350. The molecular formula is C20H22F3N3O4S2. The number of carbonyl (C=O) groups excluding carboxylic acids is 1. The van der Waals surface area contributed by atoms with Gasteiger partial charge in [0, 0.05) is 5.56 Å². The summed E-state index contributed by atoms with van der Waals surface area (Å²) in [7, 11) is 0. The minimum atomic E-state index is -5.07. The van der Waals surface area contributed by atoms with E-state index in [1.165, 1.54) is 0 Å². The van der Waals surface area contributed by atoms with Gasteiger partial charge in [0.25, 0.3) is 0 Å². The van der Waals surface area contributed by atoms with Crippen LogP contribution in [0.5, 0.6) is 5.75 Å². The van der Waals surface area contributed by atoms with E-state index in [1.54, 1.807) is 32.0 Å². The van der Waals surface area contributed by atoms with E-state index in [1.807, 2.05) is 0 Å². The lowest BCUT2D eigenvalue weighted by atomic mass is 9.96. The molecule has 0 bridgehead atoms. The van der Waals surface area contributed by atoms with Gasteiger partial charge in [0.05, 0.1) is 5.92 Å². The largest absolute Gasteiger partial charge is 0.525 e. The number of halogens is 3. The number of aliphatic hydroxyl groups is 1. The molecule has 0 aromatic heterocycles. The van der Waals surface area contributed by atoms with Crippen molar-refractivity contribution in [3.05, 3.63) is 53.6 Å². The molecule has 0 fully saturated rings. The number of aryl methyl sites for hydroxylation is 1. The molecule has 1 aromatic rings. The second-order valence-corrected chi connectivity index (χ2v) is 8.24. The van der Waals surface area contributed by atoms with Crippen molar-refractivity contribution < 1.29 is 32.5 Å². The van der Waals surface area contributed by atoms with Crippen LogP contribution in [0.3, 0.4) is 0 Å². The Morgan fingerprint density at radius 1 is 1.25 bits per heavy atom. The van der Waals surface area contributed by atoms with Crippen molar-refractivity contribution in [2.24, 2.45) is 17.4 Å². The molecule has 1 aromatic carbocycles. The second-order valence-electron chi connectivity index (χ2n) is 7.36. The van der Waals surface area contributed by atoms with Crippen LogP contribution >= 0.6 is 24.4 Å². The summed E-state index contributed by atoms with van der Waals surface area (Å²) in [5.41, 5.74) is 11.5. The summed E-state index contributed by atoms with van der Waals surface area (Å²) in [5, 5.41) is 12.4. The van der Waals surface area contributed by atoms with E-state index in [9.17, 15) is 23.1 Å². The van der Waals surface area contributed by atoms with E-state index in [0.29, 0.717) is 11.3 Å². The van der Waals surface area contributed by atoms with Gasteiger partial charge < -0.3 is 26.6 Å². The standard InChI is InChI=1S/C20H22F3N3O4S2/c1-11-3-4-13(15(24)31)9-14(11)29-10-18(2,17(25)32)26-16(27)12-5-7-19(28,8-6-12)30-20(21,22)23/h3-9,12,28H,10H2,1-2H3,(H2,24,31)(H2,25,32)(H,26,27). The Kier molecular flexibility index (Phi) is 7.66. The van der Waals surface area contributed by atoms with Crippen molar-refractivity contribution in [2.75, 3.05) is 6.61 Å². The number of rotatable bonds is 8. The first-order chi connectivity index (χ1) is 14.6. The Morgan fingerprint density at radius 3 is 2.34 bits per heavy atom. The van der Waals surface area contributed by atoms with E-state index < -0.39 is 29.5 Å². The number of hydrogen-bond acceptors (Lipinski definition) is 6. The molecule has 0 saturated carbocycles. The van der Waals surface area contributed by atoms with Crippen molar-refractivity contribution in [3.8, 4) is 5.75 Å². The summed E-state index contributed by atoms with van der Waals surface area (Å²) in [5.74, 6) is -3.87. The number of amides is 1. The molecular weight excluding hydrogens is 467 g/mol. The summed E-state index contributed by atoms with van der Waals surface area (Å²) >= 11 is 10.0. The molecule has 6 N–H and O–H groups in total. The monoisotopic (exact) mass is 489 g/mol. The van der Waals surface area contributed by atoms with Gasteiger partial charge in [-0.05, 0) is 37.6 Å². The Bertz CT molecular complexity index is 967. The summed E-state index contributed by atoms with van der Waals surface area (Å²) in [6.07, 6.45) is -1.48. The topological polar surface area (TPSA) is 120 Å². The van der Waals surface area contributed by atoms with Crippen molar-refractivity contribution in [2.45, 2.75) is 31.5 Å². The van der Waals surface area contributed by atoms with Gasteiger partial charge in [-0.2, -0.15) is 0 Å². The van der Waals surface area contributed by atoms with Crippen molar-refractivity contribution in [1.29, 1.82) is 0 Å². The van der Waals surface area contributed by atoms with E-state index in [4.69, 9.17) is 40.6 Å². The number of ether oxygens (including phenoxy) is 2.